The normalized spacial score (nSPS) is 24.9. The summed E-state index contributed by atoms with van der Waals surface area (Å²) in [5, 5.41) is 18.7. The molecule has 1 amide bonds. The summed E-state index contributed by atoms with van der Waals surface area (Å²) in [7, 11) is 1.78. The molecule has 3 rings (SSSR count). The van der Waals surface area contributed by atoms with Gasteiger partial charge in [0.15, 0.2) is 0 Å². The van der Waals surface area contributed by atoms with Crippen LogP contribution in [0.25, 0.3) is 0 Å². The Bertz CT molecular complexity index is 645. The van der Waals surface area contributed by atoms with Crippen LogP contribution in [-0.2, 0) is 11.8 Å². The fraction of sp³-hybridized carbons (Fsp3) is 0.667. The van der Waals surface area contributed by atoms with Gasteiger partial charge < -0.3 is 19.3 Å². The average Bonchev–Trinajstić information content (AvgIpc) is 3.02. The number of nitrogens with zero attached hydrogens (tertiary/aromatic N) is 4. The zero-order valence-electron chi connectivity index (χ0n) is 14.7. The maximum absolute atomic E-state index is 12.9. The monoisotopic (exact) mass is 346 g/mol. The second kappa shape index (κ2) is 8.00. The van der Waals surface area contributed by atoms with Crippen molar-refractivity contribution in [3.05, 3.63) is 23.5 Å². The first kappa shape index (κ1) is 17.9. The minimum atomic E-state index is -0.0610. The lowest BCUT2D eigenvalue weighted by Gasteiger charge is -2.40. The zero-order chi connectivity index (χ0) is 17.8. The largest absolute Gasteiger partial charge is 0.396 e. The summed E-state index contributed by atoms with van der Waals surface area (Å²) in [6.45, 7) is 5.68. The van der Waals surface area contributed by atoms with Crippen molar-refractivity contribution in [3.8, 4) is 6.07 Å². The highest BCUT2D eigenvalue weighted by Crippen LogP contribution is 2.25. The molecule has 2 fully saturated rings. The summed E-state index contributed by atoms with van der Waals surface area (Å²) in [6.07, 6.45) is 2.61. The Balaban J connectivity index is 1.69. The summed E-state index contributed by atoms with van der Waals surface area (Å²) in [5.74, 6) is 0.400. The lowest BCUT2D eigenvalue weighted by Crippen LogP contribution is -2.49. The predicted molar refractivity (Wildman–Crippen MR) is 92.0 cm³/mol. The number of morpholine rings is 1. The van der Waals surface area contributed by atoms with Gasteiger partial charge in [-0.1, -0.05) is 0 Å². The fourth-order valence-electron chi connectivity index (χ4n) is 3.90. The molecule has 0 spiro atoms. The van der Waals surface area contributed by atoms with Gasteiger partial charge in [-0.05, 0) is 24.3 Å². The van der Waals surface area contributed by atoms with Gasteiger partial charge in [-0.25, -0.2) is 0 Å². The summed E-state index contributed by atoms with van der Waals surface area (Å²) in [6, 6.07) is 3.72. The van der Waals surface area contributed by atoms with Gasteiger partial charge in [0, 0.05) is 52.6 Å². The van der Waals surface area contributed by atoms with Crippen molar-refractivity contribution in [1.29, 1.82) is 5.26 Å². The lowest BCUT2D eigenvalue weighted by molar-refractivity contribution is 0.0128. The molecule has 2 aliphatic heterocycles. The van der Waals surface area contributed by atoms with Crippen molar-refractivity contribution in [3.63, 3.8) is 0 Å². The van der Waals surface area contributed by atoms with Crippen LogP contribution in [0.15, 0.2) is 12.3 Å². The van der Waals surface area contributed by atoms with E-state index < -0.39 is 0 Å². The molecule has 0 aliphatic carbocycles. The second-order valence-corrected chi connectivity index (χ2v) is 7.11. The van der Waals surface area contributed by atoms with Crippen molar-refractivity contribution in [2.75, 3.05) is 52.5 Å². The smallest absolute Gasteiger partial charge is 0.270 e. The fourth-order valence-corrected chi connectivity index (χ4v) is 3.90. The predicted octanol–water partition coefficient (Wildman–Crippen LogP) is 0.300. The van der Waals surface area contributed by atoms with E-state index in [9.17, 15) is 9.90 Å². The topological polar surface area (TPSA) is 81.7 Å². The Labute approximate surface area is 148 Å². The number of aryl methyl sites for hydroxylation is 1. The van der Waals surface area contributed by atoms with Crippen LogP contribution in [0.4, 0.5) is 0 Å². The Morgan fingerprint density at radius 3 is 2.72 bits per heavy atom. The maximum atomic E-state index is 12.9. The van der Waals surface area contributed by atoms with E-state index in [0.29, 0.717) is 30.3 Å². The van der Waals surface area contributed by atoms with Gasteiger partial charge in [0.05, 0.1) is 18.8 Å². The summed E-state index contributed by atoms with van der Waals surface area (Å²) in [5.41, 5.74) is 1.02. The molecule has 7 nitrogen and oxygen atoms in total. The molecular formula is C18H26N4O3. The summed E-state index contributed by atoms with van der Waals surface area (Å²) in [4.78, 5) is 17.2. The molecule has 2 saturated heterocycles. The van der Waals surface area contributed by atoms with Gasteiger partial charge >= 0.3 is 0 Å². The molecule has 3 heterocycles. The molecule has 1 aromatic rings. The third-order valence-electron chi connectivity index (χ3n) is 5.14. The summed E-state index contributed by atoms with van der Waals surface area (Å²) >= 11 is 0. The highest BCUT2D eigenvalue weighted by molar-refractivity contribution is 5.93. The van der Waals surface area contributed by atoms with Gasteiger partial charge in [0.2, 0.25) is 0 Å². The number of aromatic nitrogens is 1. The number of piperidine rings is 1. The quantitative estimate of drug-likeness (QED) is 0.848. The first-order valence-electron chi connectivity index (χ1n) is 8.87. The maximum Gasteiger partial charge on any atom is 0.270 e. The van der Waals surface area contributed by atoms with Crippen LogP contribution in [0, 0.1) is 23.2 Å². The van der Waals surface area contributed by atoms with E-state index in [1.54, 1.807) is 23.9 Å². The molecule has 1 N–H and O–H groups in total. The van der Waals surface area contributed by atoms with Crippen LogP contribution in [-0.4, -0.2) is 77.9 Å². The number of carbonyl (C=O) groups is 1. The van der Waals surface area contributed by atoms with E-state index in [4.69, 9.17) is 10.00 Å². The third kappa shape index (κ3) is 4.21. The molecular weight excluding hydrogens is 320 g/mol. The number of nitriles is 1. The van der Waals surface area contributed by atoms with Crippen molar-refractivity contribution in [2.24, 2.45) is 18.9 Å². The number of aliphatic hydroxyl groups is 1. The van der Waals surface area contributed by atoms with Crippen molar-refractivity contribution >= 4 is 5.91 Å². The number of hydrogen-bond donors (Lipinski definition) is 1. The van der Waals surface area contributed by atoms with Crippen LogP contribution in [0.1, 0.15) is 22.5 Å². The molecule has 0 unspecified atom stereocenters. The zero-order valence-corrected chi connectivity index (χ0v) is 14.7. The van der Waals surface area contributed by atoms with Crippen LogP contribution in [0.2, 0.25) is 0 Å². The van der Waals surface area contributed by atoms with E-state index in [0.717, 1.165) is 39.3 Å². The Morgan fingerprint density at radius 1 is 1.36 bits per heavy atom. The van der Waals surface area contributed by atoms with E-state index in [1.807, 2.05) is 4.90 Å². The molecule has 0 bridgehead atoms. The van der Waals surface area contributed by atoms with Crippen molar-refractivity contribution in [1.82, 2.24) is 14.4 Å². The van der Waals surface area contributed by atoms with Gasteiger partial charge in [0.1, 0.15) is 11.8 Å². The number of hydrogen-bond acceptors (Lipinski definition) is 5. The summed E-state index contributed by atoms with van der Waals surface area (Å²) < 4.78 is 7.11. The SMILES string of the molecule is Cn1cc(C#N)cc1C(=O)N1C[C@H](CO)C[C@H](CN2CCOCC2)C1. The first-order valence-corrected chi connectivity index (χ1v) is 8.87. The third-order valence-corrected chi connectivity index (χ3v) is 5.14. The van der Waals surface area contributed by atoms with E-state index in [2.05, 4.69) is 11.0 Å². The van der Waals surface area contributed by atoms with Gasteiger partial charge in [-0.15, -0.1) is 0 Å². The first-order chi connectivity index (χ1) is 12.1. The highest BCUT2D eigenvalue weighted by atomic mass is 16.5. The molecule has 136 valence electrons. The Hall–Kier alpha value is -1.88. The van der Waals surface area contributed by atoms with Crippen LogP contribution in [0.3, 0.4) is 0 Å². The van der Waals surface area contributed by atoms with E-state index >= 15 is 0 Å². The van der Waals surface area contributed by atoms with Crippen molar-refractivity contribution < 1.29 is 14.6 Å². The number of carbonyl (C=O) groups excluding carboxylic acids is 1. The van der Waals surface area contributed by atoms with Crippen LogP contribution < -0.4 is 0 Å². The highest BCUT2D eigenvalue weighted by Gasteiger charge is 2.32. The lowest BCUT2D eigenvalue weighted by atomic mass is 9.89. The van der Waals surface area contributed by atoms with Crippen LogP contribution >= 0.6 is 0 Å². The molecule has 25 heavy (non-hydrogen) atoms. The molecule has 2 aliphatic rings. The number of amides is 1. The number of ether oxygens (including phenoxy) is 1. The van der Waals surface area contributed by atoms with Crippen molar-refractivity contribution in [2.45, 2.75) is 6.42 Å². The van der Waals surface area contributed by atoms with E-state index in [-0.39, 0.29) is 18.4 Å². The molecule has 2 atom stereocenters. The molecule has 0 saturated carbocycles. The van der Waals surface area contributed by atoms with Gasteiger partial charge in [-0.3, -0.25) is 9.69 Å². The van der Waals surface area contributed by atoms with E-state index in [1.165, 1.54) is 0 Å². The number of aliphatic hydroxyl groups excluding tert-OH is 1. The molecule has 7 heteroatoms. The number of likely N-dealkylation sites (tertiary alicyclic amines) is 1. The average molecular weight is 346 g/mol. The minimum Gasteiger partial charge on any atom is -0.396 e. The standard InChI is InChI=1S/C18H26N4O3/c1-20-9-14(8-19)7-17(20)18(24)22-11-15(6-16(12-22)13-23)10-21-2-4-25-5-3-21/h7,9,15-16,23H,2-6,10-13H2,1H3/t15-,16-/m1/s1. The van der Waals surface area contributed by atoms with Crippen LogP contribution in [0.5, 0.6) is 0 Å². The molecule has 1 aromatic heterocycles. The molecule has 0 aromatic carbocycles. The molecule has 0 radical (unpaired) electrons. The Kier molecular flexibility index (Phi) is 5.74. The second-order valence-electron chi connectivity index (χ2n) is 7.11. The van der Waals surface area contributed by atoms with Gasteiger partial charge in [0.25, 0.3) is 5.91 Å². The Morgan fingerprint density at radius 2 is 2.08 bits per heavy atom. The van der Waals surface area contributed by atoms with Gasteiger partial charge in [-0.2, -0.15) is 5.26 Å². The minimum absolute atomic E-state index is 0.0610. The number of rotatable bonds is 4.